The maximum absolute atomic E-state index is 12.0. The summed E-state index contributed by atoms with van der Waals surface area (Å²) < 4.78 is 4.98. The molecule has 2 rings (SSSR count). The molecule has 2 heterocycles. The molecule has 110 valence electrons. The number of carboxylic acid groups (broad SMARTS) is 1. The third kappa shape index (κ3) is 2.74. The van der Waals surface area contributed by atoms with Crippen LogP contribution in [0.4, 0.5) is 4.79 Å². The lowest BCUT2D eigenvalue weighted by atomic mass is 10.2. The van der Waals surface area contributed by atoms with Crippen LogP contribution >= 0.6 is 0 Å². The van der Waals surface area contributed by atoms with Crippen LogP contribution in [0.15, 0.2) is 4.52 Å². The van der Waals surface area contributed by atoms with E-state index in [-0.39, 0.29) is 19.5 Å². The summed E-state index contributed by atoms with van der Waals surface area (Å²) in [6.07, 6.45) is -0.755. The number of aromatic nitrogens is 1. The van der Waals surface area contributed by atoms with Crippen LogP contribution in [0.2, 0.25) is 0 Å². The van der Waals surface area contributed by atoms with Crippen LogP contribution in [0.25, 0.3) is 0 Å². The van der Waals surface area contributed by atoms with E-state index in [1.165, 1.54) is 0 Å². The number of urea groups is 1. The van der Waals surface area contributed by atoms with Crippen molar-refractivity contribution < 1.29 is 24.3 Å². The predicted molar refractivity (Wildman–Crippen MR) is 67.0 cm³/mol. The summed E-state index contributed by atoms with van der Waals surface area (Å²) in [6.45, 7) is 3.72. The van der Waals surface area contributed by atoms with E-state index in [0.29, 0.717) is 11.5 Å². The number of β-amino-alcohol motifs (C(OH)–C–C–N with tert-alkyl or cyclic N) is 1. The molecule has 8 nitrogen and oxygen atoms in total. The second-order valence-corrected chi connectivity index (χ2v) is 4.86. The number of amides is 2. The first-order valence-corrected chi connectivity index (χ1v) is 6.27. The Morgan fingerprint density at radius 3 is 2.75 bits per heavy atom. The lowest BCUT2D eigenvalue weighted by Gasteiger charge is -2.21. The number of likely N-dealkylation sites (tertiary alicyclic amines) is 1. The molecule has 0 aliphatic carbocycles. The maximum atomic E-state index is 12.0. The van der Waals surface area contributed by atoms with Crippen molar-refractivity contribution in [3.05, 3.63) is 17.0 Å². The Bertz CT molecular complexity index is 508. The van der Waals surface area contributed by atoms with Crippen LogP contribution < -0.4 is 5.32 Å². The van der Waals surface area contributed by atoms with Crippen molar-refractivity contribution >= 4 is 12.0 Å². The van der Waals surface area contributed by atoms with Crippen LogP contribution in [-0.4, -0.2) is 51.0 Å². The van der Waals surface area contributed by atoms with Gasteiger partial charge < -0.3 is 25.0 Å². The Morgan fingerprint density at radius 1 is 1.50 bits per heavy atom. The summed E-state index contributed by atoms with van der Waals surface area (Å²) in [4.78, 5) is 24.2. The number of carbonyl (C=O) groups excluding carboxylic acids is 1. The van der Waals surface area contributed by atoms with E-state index in [2.05, 4.69) is 10.5 Å². The van der Waals surface area contributed by atoms with Gasteiger partial charge in [-0.15, -0.1) is 0 Å². The molecule has 0 unspecified atom stereocenters. The van der Waals surface area contributed by atoms with E-state index in [0.717, 1.165) is 10.5 Å². The molecule has 2 amide bonds. The van der Waals surface area contributed by atoms with Crippen LogP contribution in [0, 0.1) is 13.8 Å². The third-order valence-electron chi connectivity index (χ3n) is 3.42. The Balaban J connectivity index is 2.00. The zero-order valence-electron chi connectivity index (χ0n) is 11.3. The normalized spacial score (nSPS) is 22.1. The molecule has 1 aliphatic heterocycles. The zero-order valence-corrected chi connectivity index (χ0v) is 11.3. The van der Waals surface area contributed by atoms with Crippen molar-refractivity contribution in [3.8, 4) is 0 Å². The third-order valence-corrected chi connectivity index (χ3v) is 3.42. The van der Waals surface area contributed by atoms with Gasteiger partial charge in [0, 0.05) is 25.1 Å². The van der Waals surface area contributed by atoms with Gasteiger partial charge in [-0.2, -0.15) is 0 Å². The minimum atomic E-state index is -1.12. The number of nitrogens with one attached hydrogen (secondary N) is 1. The second kappa shape index (κ2) is 5.49. The fourth-order valence-electron chi connectivity index (χ4n) is 2.29. The SMILES string of the molecule is Cc1noc(C)c1CNC(=O)N1C[C@H](O)C[C@@H]1C(=O)O. The molecule has 0 bridgehead atoms. The van der Waals surface area contributed by atoms with Crippen molar-refractivity contribution in [3.63, 3.8) is 0 Å². The van der Waals surface area contributed by atoms with Gasteiger partial charge in [-0.3, -0.25) is 0 Å². The Kier molecular flexibility index (Phi) is 3.93. The van der Waals surface area contributed by atoms with Crippen molar-refractivity contribution in [1.29, 1.82) is 0 Å². The molecule has 0 aromatic carbocycles. The Morgan fingerprint density at radius 2 is 2.20 bits per heavy atom. The zero-order chi connectivity index (χ0) is 14.9. The molecule has 8 heteroatoms. The first-order chi connectivity index (χ1) is 9.40. The first kappa shape index (κ1) is 14.3. The number of carbonyl (C=O) groups is 2. The fraction of sp³-hybridized carbons (Fsp3) is 0.583. The van der Waals surface area contributed by atoms with Crippen molar-refractivity contribution in [2.45, 2.75) is 39.0 Å². The smallest absolute Gasteiger partial charge is 0.326 e. The largest absolute Gasteiger partial charge is 0.480 e. The van der Waals surface area contributed by atoms with Gasteiger partial charge in [-0.1, -0.05) is 5.16 Å². The van der Waals surface area contributed by atoms with Crippen molar-refractivity contribution in [1.82, 2.24) is 15.4 Å². The van der Waals surface area contributed by atoms with E-state index in [1.54, 1.807) is 13.8 Å². The number of aliphatic carboxylic acids is 1. The average Bonchev–Trinajstić information content (AvgIpc) is 2.91. The van der Waals surface area contributed by atoms with E-state index < -0.39 is 24.1 Å². The van der Waals surface area contributed by atoms with E-state index in [4.69, 9.17) is 9.63 Å². The van der Waals surface area contributed by atoms with Gasteiger partial charge in [0.15, 0.2) is 0 Å². The van der Waals surface area contributed by atoms with E-state index in [1.807, 2.05) is 0 Å². The number of aliphatic hydroxyl groups excluding tert-OH is 1. The summed E-state index contributed by atoms with van der Waals surface area (Å²) in [6, 6.07) is -1.51. The summed E-state index contributed by atoms with van der Waals surface area (Å²) in [5, 5.41) is 24.9. The van der Waals surface area contributed by atoms with Gasteiger partial charge in [0.25, 0.3) is 0 Å². The average molecular weight is 283 g/mol. The van der Waals surface area contributed by atoms with Crippen LogP contribution in [0.1, 0.15) is 23.4 Å². The van der Waals surface area contributed by atoms with Crippen LogP contribution in [0.3, 0.4) is 0 Å². The summed E-state index contributed by atoms with van der Waals surface area (Å²) in [5.74, 6) is -0.506. The monoisotopic (exact) mass is 283 g/mol. The molecule has 20 heavy (non-hydrogen) atoms. The number of hydrogen-bond acceptors (Lipinski definition) is 5. The number of aryl methyl sites for hydroxylation is 2. The van der Waals surface area contributed by atoms with Gasteiger partial charge in [-0.25, -0.2) is 9.59 Å². The van der Waals surface area contributed by atoms with Crippen molar-refractivity contribution in [2.24, 2.45) is 0 Å². The highest BCUT2D eigenvalue weighted by Gasteiger charge is 2.38. The Labute approximate surface area is 115 Å². The maximum Gasteiger partial charge on any atom is 0.326 e. The quantitative estimate of drug-likeness (QED) is 0.720. The molecule has 0 spiro atoms. The number of aliphatic hydroxyl groups is 1. The van der Waals surface area contributed by atoms with Gasteiger partial charge in [0.2, 0.25) is 0 Å². The minimum Gasteiger partial charge on any atom is -0.480 e. The number of nitrogens with zero attached hydrogens (tertiary/aromatic N) is 2. The highest BCUT2D eigenvalue weighted by Crippen LogP contribution is 2.18. The fourth-order valence-corrected chi connectivity index (χ4v) is 2.29. The predicted octanol–water partition coefficient (Wildman–Crippen LogP) is 0.0208. The lowest BCUT2D eigenvalue weighted by Crippen LogP contribution is -2.46. The number of hydrogen-bond donors (Lipinski definition) is 3. The molecule has 3 N–H and O–H groups in total. The van der Waals surface area contributed by atoms with Gasteiger partial charge in [0.05, 0.1) is 11.8 Å². The molecule has 1 aliphatic rings. The van der Waals surface area contributed by atoms with Gasteiger partial charge in [0.1, 0.15) is 11.8 Å². The first-order valence-electron chi connectivity index (χ1n) is 6.27. The molecular formula is C12H17N3O5. The summed E-state index contributed by atoms with van der Waals surface area (Å²) in [7, 11) is 0. The minimum absolute atomic E-state index is 0.0183. The van der Waals surface area contributed by atoms with Crippen molar-refractivity contribution in [2.75, 3.05) is 6.54 Å². The van der Waals surface area contributed by atoms with E-state index >= 15 is 0 Å². The highest BCUT2D eigenvalue weighted by atomic mass is 16.5. The molecule has 1 aromatic heterocycles. The number of carboxylic acids is 1. The highest BCUT2D eigenvalue weighted by molar-refractivity contribution is 5.83. The molecule has 1 saturated heterocycles. The number of rotatable bonds is 3. The summed E-state index contributed by atoms with van der Waals surface area (Å²) >= 11 is 0. The Hall–Kier alpha value is -2.09. The van der Waals surface area contributed by atoms with Crippen LogP contribution in [0.5, 0.6) is 0 Å². The molecule has 0 saturated carbocycles. The molecule has 0 radical (unpaired) electrons. The van der Waals surface area contributed by atoms with Crippen LogP contribution in [-0.2, 0) is 11.3 Å². The second-order valence-electron chi connectivity index (χ2n) is 4.86. The molecule has 1 fully saturated rings. The van der Waals surface area contributed by atoms with Gasteiger partial charge >= 0.3 is 12.0 Å². The molecule has 2 atom stereocenters. The summed E-state index contributed by atoms with van der Waals surface area (Å²) in [5.41, 5.74) is 1.45. The topological polar surface area (TPSA) is 116 Å². The van der Waals surface area contributed by atoms with Gasteiger partial charge in [-0.05, 0) is 13.8 Å². The molecule has 1 aromatic rings. The molecular weight excluding hydrogens is 266 g/mol. The van der Waals surface area contributed by atoms with E-state index in [9.17, 15) is 14.7 Å². The lowest BCUT2D eigenvalue weighted by molar-refractivity contribution is -0.141. The standard InChI is InChI=1S/C12H17N3O5/c1-6-9(7(2)20-14-6)4-13-12(19)15-5-8(16)3-10(15)11(17)18/h8,10,16H,3-5H2,1-2H3,(H,13,19)(H,17,18)/t8-,10-/m1/s1.